The predicted molar refractivity (Wildman–Crippen MR) is 100 cm³/mol. The summed E-state index contributed by atoms with van der Waals surface area (Å²) in [5.41, 5.74) is 0. The fourth-order valence-electron chi connectivity index (χ4n) is 3.50. The van der Waals surface area contributed by atoms with Gasteiger partial charge in [0, 0.05) is 18.1 Å². The molecule has 6 heteroatoms. The van der Waals surface area contributed by atoms with Crippen LogP contribution < -0.4 is 12.4 Å². The second-order valence-electron chi connectivity index (χ2n) is 5.32. The van der Waals surface area contributed by atoms with E-state index in [2.05, 4.69) is 56.2 Å². The van der Waals surface area contributed by atoms with Gasteiger partial charge in [0.15, 0.2) is 0 Å². The van der Waals surface area contributed by atoms with E-state index in [9.17, 15) is 0 Å². The van der Waals surface area contributed by atoms with E-state index in [-0.39, 0.29) is 12.4 Å². The van der Waals surface area contributed by atoms with E-state index >= 15 is 0 Å². The molecule has 0 spiro atoms. The second kappa shape index (κ2) is 14.3. The van der Waals surface area contributed by atoms with Crippen LogP contribution in [0.2, 0.25) is 0 Å². The lowest BCUT2D eigenvalue weighted by Crippen LogP contribution is -3.00. The molecule has 1 unspecified atom stereocenters. The highest BCUT2D eigenvalue weighted by Gasteiger charge is 2.57. The molecule has 0 radical (unpaired) electrons. The molecule has 0 aromatic rings. The van der Waals surface area contributed by atoms with Gasteiger partial charge < -0.3 is 12.4 Å². The molecular formula is C16H37Cl2N3P-. The van der Waals surface area contributed by atoms with Crippen molar-refractivity contribution in [3.8, 4) is 0 Å². The fourth-order valence-corrected chi connectivity index (χ4v) is 3.50. The third-order valence-electron chi connectivity index (χ3n) is 4.61. The molecule has 0 heterocycles. The summed E-state index contributed by atoms with van der Waals surface area (Å²) in [6, 6.07) is 2.25. The Morgan fingerprint density at radius 2 is 0.773 bits per heavy atom. The van der Waals surface area contributed by atoms with Crippen LogP contribution in [0.5, 0.6) is 0 Å². The minimum Gasteiger partial charge on any atom is -1.00 e. The zero-order valence-electron chi connectivity index (χ0n) is 15.6. The van der Waals surface area contributed by atoms with Gasteiger partial charge in [-0.2, -0.15) is 0 Å². The number of halogens is 2. The molecule has 22 heavy (non-hydrogen) atoms. The topological polar surface area (TPSA) is 9.72 Å². The fraction of sp³-hybridized carbons (Fsp3) is 1.00. The van der Waals surface area contributed by atoms with Gasteiger partial charge in [0.05, 0.1) is 0 Å². The van der Waals surface area contributed by atoms with E-state index in [4.69, 9.17) is 11.2 Å². The van der Waals surface area contributed by atoms with Crippen LogP contribution >= 0.6 is 19.2 Å². The first-order valence-corrected chi connectivity index (χ1v) is 11.1. The zero-order chi connectivity index (χ0) is 16.4. The van der Waals surface area contributed by atoms with E-state index in [1.807, 2.05) is 6.66 Å². The van der Waals surface area contributed by atoms with Gasteiger partial charge in [0.1, 0.15) is 0 Å². The van der Waals surface area contributed by atoms with Gasteiger partial charge in [-0.05, 0) is 53.9 Å². The Kier molecular flexibility index (Phi) is 16.3. The Morgan fingerprint density at radius 1 is 0.636 bits per heavy atom. The van der Waals surface area contributed by atoms with Crippen LogP contribution in [0.25, 0.3) is 0 Å². The average molecular weight is 373 g/mol. The Balaban J connectivity index is 0. The van der Waals surface area contributed by atoms with E-state index < -0.39 is 0 Å². The van der Waals surface area contributed by atoms with Gasteiger partial charge in [0.25, 0.3) is 0 Å². The summed E-state index contributed by atoms with van der Waals surface area (Å²) < 4.78 is 0. The Labute approximate surface area is 152 Å². The molecule has 1 rings (SSSR count). The summed E-state index contributed by atoms with van der Waals surface area (Å²) >= 11 is 5.03. The van der Waals surface area contributed by atoms with Crippen molar-refractivity contribution in [2.45, 2.75) is 59.7 Å². The van der Waals surface area contributed by atoms with Crippen molar-refractivity contribution in [3.05, 3.63) is 0 Å². The standard InChI is InChI=1S/C15H33N3.CH4ClP.ClH/c1-7-16(8-2)13-14(17(9-3)10-4)15(13)18(11-5)12-6;1-3-2;/h13-15H,7-12H2,1-6H3;3H,1H3;1H/p-1. The normalized spacial score (nSPS) is 23.9. The van der Waals surface area contributed by atoms with Crippen LogP contribution in [-0.4, -0.2) is 78.8 Å². The van der Waals surface area contributed by atoms with Crippen LogP contribution in [0.4, 0.5) is 0 Å². The van der Waals surface area contributed by atoms with E-state index in [1.165, 1.54) is 39.3 Å². The van der Waals surface area contributed by atoms with Crippen molar-refractivity contribution in [3.63, 3.8) is 0 Å². The van der Waals surface area contributed by atoms with E-state index in [0.717, 1.165) is 18.1 Å². The van der Waals surface area contributed by atoms with Gasteiger partial charge in [-0.15, -0.1) is 11.2 Å². The molecule has 1 fully saturated rings. The highest BCUT2D eigenvalue weighted by molar-refractivity contribution is 7.67. The molecule has 1 aliphatic rings. The van der Waals surface area contributed by atoms with Crippen molar-refractivity contribution in [1.82, 2.24) is 14.7 Å². The second-order valence-corrected chi connectivity index (χ2v) is 6.84. The molecule has 3 nitrogen and oxygen atoms in total. The summed E-state index contributed by atoms with van der Waals surface area (Å²) in [7, 11) is 0.556. The third kappa shape index (κ3) is 6.79. The smallest absolute Gasteiger partial charge is 0.0438 e. The zero-order valence-corrected chi connectivity index (χ0v) is 18.1. The number of likely N-dealkylation sites (N-methyl/N-ethyl adjacent to an activating group) is 3. The van der Waals surface area contributed by atoms with Crippen LogP contribution in [0.1, 0.15) is 41.5 Å². The van der Waals surface area contributed by atoms with Gasteiger partial charge in [0.2, 0.25) is 0 Å². The minimum absolute atomic E-state index is 0. The summed E-state index contributed by atoms with van der Waals surface area (Å²) in [4.78, 5) is 7.93. The molecule has 0 saturated heterocycles. The molecule has 0 aromatic heterocycles. The van der Waals surface area contributed by atoms with E-state index in [0.29, 0.717) is 7.93 Å². The van der Waals surface area contributed by atoms with Crippen molar-refractivity contribution >= 4 is 19.2 Å². The maximum atomic E-state index is 5.03. The largest absolute Gasteiger partial charge is 1.00 e. The first kappa shape index (κ1) is 25.1. The van der Waals surface area contributed by atoms with Crippen LogP contribution in [0.15, 0.2) is 0 Å². The minimum atomic E-state index is 0. The maximum absolute atomic E-state index is 5.03. The molecule has 0 aromatic carbocycles. The first-order chi connectivity index (χ1) is 10.1. The SMILES string of the molecule is CCN(CC)C1C(N(CC)CC)C1N(CC)CC.CPCl.[Cl-]. The Bertz CT molecular complexity index is 204. The van der Waals surface area contributed by atoms with Crippen molar-refractivity contribution in [1.29, 1.82) is 0 Å². The summed E-state index contributed by atoms with van der Waals surface area (Å²) in [5.74, 6) is 0. The van der Waals surface area contributed by atoms with Gasteiger partial charge in [-0.3, -0.25) is 14.7 Å². The molecule has 136 valence electrons. The van der Waals surface area contributed by atoms with Gasteiger partial charge in [-0.25, -0.2) is 0 Å². The van der Waals surface area contributed by atoms with E-state index in [1.54, 1.807) is 0 Å². The molecule has 1 atom stereocenters. The molecule has 1 saturated carbocycles. The van der Waals surface area contributed by atoms with Crippen molar-refractivity contribution in [2.24, 2.45) is 0 Å². The molecule has 1 aliphatic carbocycles. The predicted octanol–water partition coefficient (Wildman–Crippen LogP) is 0.584. The highest BCUT2D eigenvalue weighted by atomic mass is 35.7. The quantitative estimate of drug-likeness (QED) is 0.548. The van der Waals surface area contributed by atoms with Gasteiger partial charge in [-0.1, -0.05) is 41.5 Å². The summed E-state index contributed by atoms with van der Waals surface area (Å²) in [5, 5.41) is 0. The van der Waals surface area contributed by atoms with Crippen LogP contribution in [0, 0.1) is 0 Å². The Morgan fingerprint density at radius 3 is 0.864 bits per heavy atom. The monoisotopic (exact) mass is 372 g/mol. The lowest BCUT2D eigenvalue weighted by atomic mass is 10.4. The first-order valence-electron chi connectivity index (χ1n) is 8.60. The maximum Gasteiger partial charge on any atom is 0.0438 e. The van der Waals surface area contributed by atoms with Crippen LogP contribution in [0.3, 0.4) is 0 Å². The molecule has 0 bridgehead atoms. The van der Waals surface area contributed by atoms with Crippen molar-refractivity contribution in [2.75, 3.05) is 45.9 Å². The van der Waals surface area contributed by atoms with Crippen molar-refractivity contribution < 1.29 is 12.4 Å². The molecule has 0 aliphatic heterocycles. The highest BCUT2D eigenvalue weighted by Crippen LogP contribution is 2.38. The average Bonchev–Trinajstić information content (AvgIpc) is 3.19. The van der Waals surface area contributed by atoms with Crippen LogP contribution in [-0.2, 0) is 0 Å². The molecule has 0 N–H and O–H groups in total. The number of rotatable bonds is 9. The number of nitrogens with zero attached hydrogens (tertiary/aromatic N) is 3. The molecular weight excluding hydrogens is 336 g/mol. The third-order valence-corrected chi connectivity index (χ3v) is 4.61. The number of hydrogen-bond acceptors (Lipinski definition) is 3. The molecule has 0 amide bonds. The number of hydrogen-bond donors (Lipinski definition) is 0. The lowest BCUT2D eigenvalue weighted by Gasteiger charge is -2.22. The Hall–Kier alpha value is 0.890. The van der Waals surface area contributed by atoms with Gasteiger partial charge >= 0.3 is 0 Å². The lowest BCUT2D eigenvalue weighted by molar-refractivity contribution is -0.00000480. The summed E-state index contributed by atoms with van der Waals surface area (Å²) in [6.45, 7) is 22.7. The summed E-state index contributed by atoms with van der Waals surface area (Å²) in [6.07, 6.45) is 0.